The third-order valence-electron chi connectivity index (χ3n) is 11.1. The third-order valence-corrected chi connectivity index (χ3v) is 13.4. The third kappa shape index (κ3) is 5.93. The number of hydrogen-bond acceptors (Lipinski definition) is 5. The summed E-state index contributed by atoms with van der Waals surface area (Å²) in [5, 5.41) is -0.0960. The molecule has 1 unspecified atom stereocenters. The van der Waals surface area contributed by atoms with E-state index in [2.05, 4.69) is 39.3 Å². The van der Waals surface area contributed by atoms with Crippen LogP contribution in [-0.4, -0.2) is 72.4 Å². The molecule has 0 saturated carbocycles. The van der Waals surface area contributed by atoms with Crippen molar-refractivity contribution >= 4 is 50.2 Å². The topological polar surface area (TPSA) is 87.5 Å². The summed E-state index contributed by atoms with van der Waals surface area (Å²) in [7, 11) is -2.61. The van der Waals surface area contributed by atoms with Crippen LogP contribution in [-0.2, 0) is 15.4 Å². The van der Waals surface area contributed by atoms with Crippen molar-refractivity contribution in [2.75, 3.05) is 26.7 Å². The largest absolute Gasteiger partial charge is 0.338 e. The molecule has 3 atom stereocenters. The van der Waals surface area contributed by atoms with Gasteiger partial charge in [0.05, 0.1) is 26.6 Å². The van der Waals surface area contributed by atoms with Crippen molar-refractivity contribution in [3.63, 3.8) is 0 Å². The van der Waals surface area contributed by atoms with E-state index in [0.29, 0.717) is 44.1 Å². The van der Waals surface area contributed by atoms with Gasteiger partial charge >= 0.3 is 0 Å². The molecule has 1 amide bonds. The van der Waals surface area contributed by atoms with Crippen molar-refractivity contribution in [1.82, 2.24) is 24.1 Å². The lowest BCUT2D eigenvalue weighted by Crippen LogP contribution is -2.49. The Morgan fingerprint density at radius 2 is 1.71 bits per heavy atom. The van der Waals surface area contributed by atoms with Crippen molar-refractivity contribution in [3.8, 4) is 0 Å². The quantitative estimate of drug-likeness (QED) is 0.210. The SMILES string of the molecule is CNS(=O)(=O)c1ccc(Cl)c(C(=O)N2CCC(CCN3[C@@H]4CC[C@H]3CC(n3c(C)nc5ccccc53)C4)(c3cccc(F)c3)CC2)c1Cl. The summed E-state index contributed by atoms with van der Waals surface area (Å²) < 4.78 is 44.4. The molecule has 1 N–H and O–H groups in total. The van der Waals surface area contributed by atoms with E-state index in [0.717, 1.165) is 42.7 Å². The first-order chi connectivity index (χ1) is 23.0. The van der Waals surface area contributed by atoms with Gasteiger partial charge in [-0.1, -0.05) is 47.5 Å². The van der Waals surface area contributed by atoms with E-state index in [1.54, 1.807) is 17.0 Å². The van der Waals surface area contributed by atoms with Gasteiger partial charge in [0.2, 0.25) is 10.0 Å². The Labute approximate surface area is 291 Å². The first-order valence-electron chi connectivity index (χ1n) is 16.7. The number of benzene rings is 3. The van der Waals surface area contributed by atoms with Gasteiger partial charge in [-0.05, 0) is 113 Å². The maximum absolute atomic E-state index is 14.7. The van der Waals surface area contributed by atoms with E-state index in [9.17, 15) is 17.6 Å². The molecule has 7 rings (SSSR count). The van der Waals surface area contributed by atoms with Crippen molar-refractivity contribution in [1.29, 1.82) is 0 Å². The molecular formula is C36H40Cl2FN5O3S. The van der Waals surface area contributed by atoms with Crippen LogP contribution in [0.15, 0.2) is 65.6 Å². The van der Waals surface area contributed by atoms with Gasteiger partial charge in [0.15, 0.2) is 0 Å². The Kier molecular flexibility index (Phi) is 9.08. The van der Waals surface area contributed by atoms with Crippen LogP contribution in [0.4, 0.5) is 4.39 Å². The van der Waals surface area contributed by atoms with Gasteiger partial charge in [0.1, 0.15) is 16.5 Å². The van der Waals surface area contributed by atoms with E-state index < -0.39 is 15.9 Å². The van der Waals surface area contributed by atoms with Gasteiger partial charge in [-0.15, -0.1) is 0 Å². The summed E-state index contributed by atoms with van der Waals surface area (Å²) in [4.78, 5) is 22.8. The van der Waals surface area contributed by atoms with Gasteiger partial charge in [-0.3, -0.25) is 9.69 Å². The van der Waals surface area contributed by atoms with E-state index in [1.807, 2.05) is 12.1 Å². The van der Waals surface area contributed by atoms with E-state index >= 15 is 0 Å². The van der Waals surface area contributed by atoms with E-state index in [1.165, 1.54) is 43.6 Å². The summed E-state index contributed by atoms with van der Waals surface area (Å²) in [6, 6.07) is 19.3. The number of sulfonamides is 1. The fourth-order valence-corrected chi connectivity index (χ4v) is 10.3. The summed E-state index contributed by atoms with van der Waals surface area (Å²) in [5.74, 6) is 0.391. The maximum atomic E-state index is 14.7. The van der Waals surface area contributed by atoms with Crippen molar-refractivity contribution in [3.05, 3.63) is 93.5 Å². The lowest BCUT2D eigenvalue weighted by Gasteiger charge is -2.45. The number of nitrogens with one attached hydrogen (secondary N) is 1. The summed E-state index contributed by atoms with van der Waals surface area (Å²) in [6.45, 7) is 3.83. The Hall–Kier alpha value is -3.02. The number of nitrogens with zero attached hydrogens (tertiary/aromatic N) is 4. The van der Waals surface area contributed by atoms with Gasteiger partial charge in [-0.2, -0.15) is 0 Å². The standard InChI is InChI=1S/C36H40Cl2FN5O3S/c1-23-41-30-8-3-4-9-31(30)44(23)28-21-26-10-11-27(22-28)43(26)19-16-36(24-6-5-7-25(39)20-24)14-17-42(18-15-36)35(45)33-29(37)12-13-32(34(33)38)48(46,47)40-2/h3-9,12-13,20,26-28,40H,10-11,14-19,21-22H2,1-2H3/t26-,27+,28?. The Morgan fingerprint density at radius 3 is 2.40 bits per heavy atom. The molecule has 3 aliphatic rings. The first kappa shape index (κ1) is 33.5. The molecule has 2 bridgehead atoms. The molecule has 254 valence electrons. The minimum atomic E-state index is -3.90. The number of aromatic nitrogens is 2. The highest BCUT2D eigenvalue weighted by atomic mass is 35.5. The number of imidazole rings is 1. The van der Waals surface area contributed by atoms with Crippen LogP contribution in [0.5, 0.6) is 0 Å². The molecule has 1 aromatic heterocycles. The van der Waals surface area contributed by atoms with Crippen LogP contribution in [0.2, 0.25) is 10.0 Å². The molecule has 12 heteroatoms. The number of likely N-dealkylation sites (tertiary alicyclic amines) is 1. The molecule has 48 heavy (non-hydrogen) atoms. The number of carbonyl (C=O) groups is 1. The van der Waals surface area contributed by atoms with Crippen LogP contribution in [0.25, 0.3) is 11.0 Å². The summed E-state index contributed by atoms with van der Waals surface area (Å²) in [5.41, 5.74) is 2.87. The monoisotopic (exact) mass is 711 g/mol. The molecule has 3 aliphatic heterocycles. The Balaban J connectivity index is 1.09. The predicted octanol–water partition coefficient (Wildman–Crippen LogP) is 7.13. The molecular weight excluding hydrogens is 672 g/mol. The van der Waals surface area contributed by atoms with E-state index in [-0.39, 0.29) is 31.7 Å². The lowest BCUT2D eigenvalue weighted by molar-refractivity contribution is 0.0606. The summed E-state index contributed by atoms with van der Waals surface area (Å²) in [6.07, 6.45) is 6.63. The molecule has 0 radical (unpaired) electrons. The average molecular weight is 713 g/mol. The molecule has 8 nitrogen and oxygen atoms in total. The number of fused-ring (bicyclic) bond motifs is 3. The first-order valence-corrected chi connectivity index (χ1v) is 18.9. The van der Waals surface area contributed by atoms with Crippen LogP contribution in [0, 0.1) is 12.7 Å². The van der Waals surface area contributed by atoms with Crippen LogP contribution >= 0.6 is 23.2 Å². The summed E-state index contributed by atoms with van der Waals surface area (Å²) >= 11 is 12.9. The van der Waals surface area contributed by atoms with Crippen molar-refractivity contribution in [2.24, 2.45) is 0 Å². The normalized spacial score (nSPS) is 22.8. The molecule has 4 heterocycles. The van der Waals surface area contributed by atoms with Crippen molar-refractivity contribution in [2.45, 2.75) is 80.3 Å². The number of carbonyl (C=O) groups excluding carboxylic acids is 1. The van der Waals surface area contributed by atoms with Gasteiger partial charge < -0.3 is 9.47 Å². The highest BCUT2D eigenvalue weighted by molar-refractivity contribution is 7.89. The zero-order valence-electron chi connectivity index (χ0n) is 27.1. The molecule has 4 aromatic rings. The lowest BCUT2D eigenvalue weighted by atomic mass is 9.70. The number of aryl methyl sites for hydroxylation is 1. The highest BCUT2D eigenvalue weighted by Crippen LogP contribution is 2.45. The second kappa shape index (κ2) is 13.0. The zero-order chi connectivity index (χ0) is 33.8. The average Bonchev–Trinajstić information content (AvgIpc) is 3.53. The zero-order valence-corrected chi connectivity index (χ0v) is 29.5. The van der Waals surface area contributed by atoms with Crippen LogP contribution in [0.1, 0.15) is 72.7 Å². The van der Waals surface area contributed by atoms with E-state index in [4.69, 9.17) is 28.2 Å². The molecule has 3 saturated heterocycles. The fourth-order valence-electron chi connectivity index (χ4n) is 8.63. The number of rotatable bonds is 8. The Morgan fingerprint density at radius 1 is 1.00 bits per heavy atom. The number of halogens is 3. The predicted molar refractivity (Wildman–Crippen MR) is 187 cm³/mol. The van der Waals surface area contributed by atoms with Crippen LogP contribution < -0.4 is 4.72 Å². The smallest absolute Gasteiger partial charge is 0.256 e. The minimum absolute atomic E-state index is 0.0201. The van der Waals surface area contributed by atoms with Gasteiger partial charge in [0, 0.05) is 31.2 Å². The van der Waals surface area contributed by atoms with Crippen LogP contribution in [0.3, 0.4) is 0 Å². The second-order valence-corrected chi connectivity index (χ2v) is 16.2. The van der Waals surface area contributed by atoms with Gasteiger partial charge in [0.25, 0.3) is 5.91 Å². The molecule has 3 aromatic carbocycles. The minimum Gasteiger partial charge on any atom is -0.338 e. The Bertz CT molecular complexity index is 1960. The molecule has 3 fully saturated rings. The number of hydrogen-bond donors (Lipinski definition) is 1. The second-order valence-electron chi connectivity index (χ2n) is 13.5. The molecule has 0 aliphatic carbocycles. The van der Waals surface area contributed by atoms with Gasteiger partial charge in [-0.25, -0.2) is 22.5 Å². The molecule has 0 spiro atoms. The number of amides is 1. The highest BCUT2D eigenvalue weighted by Gasteiger charge is 2.44. The number of para-hydroxylation sites is 2. The maximum Gasteiger partial charge on any atom is 0.256 e. The number of piperidine rings is 2. The van der Waals surface area contributed by atoms with Crippen molar-refractivity contribution < 1.29 is 17.6 Å². The fraction of sp³-hybridized carbons (Fsp3) is 0.444.